The summed E-state index contributed by atoms with van der Waals surface area (Å²) in [6.45, 7) is 2.01. The number of hydrogen-bond acceptors (Lipinski definition) is 4. The second-order valence-electron chi connectivity index (χ2n) is 7.63. The largest absolute Gasteiger partial charge is 0.488 e. The molecule has 0 N–H and O–H groups in total. The van der Waals surface area contributed by atoms with Gasteiger partial charge in [-0.25, -0.2) is 13.6 Å². The minimum absolute atomic E-state index is 0.0458. The lowest BCUT2D eigenvalue weighted by molar-refractivity contribution is 0.0526. The van der Waals surface area contributed by atoms with Gasteiger partial charge in [0.1, 0.15) is 24.0 Å². The molecule has 0 amide bonds. The van der Waals surface area contributed by atoms with E-state index in [1.54, 1.807) is 25.1 Å². The molecule has 0 atom stereocenters. The van der Waals surface area contributed by atoms with Crippen LogP contribution in [0.2, 0.25) is 5.02 Å². The minimum Gasteiger partial charge on any atom is -0.488 e. The number of pyridine rings is 1. The van der Waals surface area contributed by atoms with Gasteiger partial charge in [0.15, 0.2) is 0 Å². The Hall–Kier alpha value is -3.25. The summed E-state index contributed by atoms with van der Waals surface area (Å²) in [5, 5.41) is 0.551. The number of esters is 1. The smallest absolute Gasteiger partial charge is 0.339 e. The van der Waals surface area contributed by atoms with Crippen LogP contribution in [0, 0.1) is 11.6 Å². The lowest BCUT2D eigenvalue weighted by Crippen LogP contribution is -2.05. The summed E-state index contributed by atoms with van der Waals surface area (Å²) in [4.78, 5) is 16.4. The summed E-state index contributed by atoms with van der Waals surface area (Å²) < 4.78 is 38.2. The van der Waals surface area contributed by atoms with E-state index in [1.807, 2.05) is 12.1 Å². The Morgan fingerprint density at radius 3 is 2.61 bits per heavy atom. The normalized spacial score (nSPS) is 13.3. The number of rotatable bonds is 7. The zero-order chi connectivity index (χ0) is 23.4. The van der Waals surface area contributed by atoms with E-state index >= 15 is 0 Å². The van der Waals surface area contributed by atoms with Crippen LogP contribution < -0.4 is 4.74 Å². The monoisotopic (exact) mass is 469 g/mol. The van der Waals surface area contributed by atoms with Crippen molar-refractivity contribution in [1.29, 1.82) is 0 Å². The molecule has 0 bridgehead atoms. The minimum atomic E-state index is -0.655. The first-order chi connectivity index (χ1) is 16.0. The Morgan fingerprint density at radius 1 is 1.06 bits per heavy atom. The zero-order valence-corrected chi connectivity index (χ0v) is 18.8. The quantitative estimate of drug-likeness (QED) is 0.354. The SMILES string of the molecule is CCOC(=O)c1ccc(C2=C(c3cc(Cl)ccc3OCc3ccc(F)cc3F)CCC2)nc1. The molecule has 0 aliphatic heterocycles. The molecular weight excluding hydrogens is 448 g/mol. The molecule has 3 aromatic rings. The van der Waals surface area contributed by atoms with Crippen LogP contribution in [0.1, 0.15) is 53.4 Å². The van der Waals surface area contributed by atoms with E-state index in [-0.39, 0.29) is 12.2 Å². The van der Waals surface area contributed by atoms with Gasteiger partial charge in [-0.1, -0.05) is 11.6 Å². The number of allylic oxidation sites excluding steroid dienone is 2. The van der Waals surface area contributed by atoms with Crippen LogP contribution in [-0.4, -0.2) is 17.6 Å². The van der Waals surface area contributed by atoms with Gasteiger partial charge in [-0.3, -0.25) is 4.98 Å². The molecule has 0 radical (unpaired) electrons. The van der Waals surface area contributed by atoms with Crippen molar-refractivity contribution in [1.82, 2.24) is 4.98 Å². The van der Waals surface area contributed by atoms with Crippen LogP contribution in [-0.2, 0) is 11.3 Å². The Bertz CT molecular complexity index is 1210. The van der Waals surface area contributed by atoms with E-state index in [1.165, 1.54) is 18.3 Å². The van der Waals surface area contributed by atoms with Gasteiger partial charge < -0.3 is 9.47 Å². The molecule has 7 heteroatoms. The van der Waals surface area contributed by atoms with Crippen molar-refractivity contribution in [2.75, 3.05) is 6.61 Å². The van der Waals surface area contributed by atoms with Crippen molar-refractivity contribution in [3.8, 4) is 5.75 Å². The molecule has 4 rings (SSSR count). The summed E-state index contributed by atoms with van der Waals surface area (Å²) in [7, 11) is 0. The third-order valence-corrected chi connectivity index (χ3v) is 5.70. The molecule has 0 spiro atoms. The van der Waals surface area contributed by atoms with Gasteiger partial charge in [0.05, 0.1) is 17.9 Å². The molecule has 1 aromatic heterocycles. The predicted molar refractivity (Wildman–Crippen MR) is 123 cm³/mol. The Morgan fingerprint density at radius 2 is 1.88 bits per heavy atom. The summed E-state index contributed by atoms with van der Waals surface area (Å²) in [5.74, 6) is -1.14. The van der Waals surface area contributed by atoms with Crippen LogP contribution in [0.4, 0.5) is 8.78 Å². The molecule has 0 fully saturated rings. The molecule has 2 aromatic carbocycles. The summed E-state index contributed by atoms with van der Waals surface area (Å²) in [5.41, 5.74) is 4.33. The maximum Gasteiger partial charge on any atom is 0.339 e. The van der Waals surface area contributed by atoms with Gasteiger partial charge in [0, 0.05) is 28.4 Å². The maximum atomic E-state index is 14.0. The third-order valence-electron chi connectivity index (χ3n) is 5.47. The second kappa shape index (κ2) is 10.1. The van der Waals surface area contributed by atoms with E-state index in [0.717, 1.165) is 47.7 Å². The van der Waals surface area contributed by atoms with Crippen LogP contribution >= 0.6 is 11.6 Å². The highest BCUT2D eigenvalue weighted by atomic mass is 35.5. The highest BCUT2D eigenvalue weighted by molar-refractivity contribution is 6.30. The van der Waals surface area contributed by atoms with Crippen LogP contribution in [0.5, 0.6) is 5.75 Å². The fraction of sp³-hybridized carbons (Fsp3) is 0.231. The lowest BCUT2D eigenvalue weighted by atomic mass is 9.98. The lowest BCUT2D eigenvalue weighted by Gasteiger charge is -2.15. The van der Waals surface area contributed by atoms with Crippen LogP contribution in [0.3, 0.4) is 0 Å². The third kappa shape index (κ3) is 5.22. The first-order valence-electron chi connectivity index (χ1n) is 10.7. The Balaban J connectivity index is 1.65. The molecule has 1 heterocycles. The molecule has 0 saturated heterocycles. The van der Waals surface area contributed by atoms with Crippen LogP contribution in [0.25, 0.3) is 11.1 Å². The number of ether oxygens (including phenoxy) is 2. The first-order valence-corrected chi connectivity index (χ1v) is 11.1. The zero-order valence-electron chi connectivity index (χ0n) is 18.0. The van der Waals surface area contributed by atoms with E-state index in [9.17, 15) is 13.6 Å². The summed E-state index contributed by atoms with van der Waals surface area (Å²) in [6.07, 6.45) is 4.07. The molecule has 0 unspecified atom stereocenters. The highest BCUT2D eigenvalue weighted by Crippen LogP contribution is 2.43. The predicted octanol–water partition coefficient (Wildman–Crippen LogP) is 6.86. The number of halogens is 3. The topological polar surface area (TPSA) is 48.4 Å². The molecule has 4 nitrogen and oxygen atoms in total. The average molecular weight is 470 g/mol. The summed E-state index contributed by atoms with van der Waals surface area (Å²) >= 11 is 6.29. The first kappa shape index (κ1) is 22.9. The van der Waals surface area contributed by atoms with Gasteiger partial charge >= 0.3 is 5.97 Å². The Kier molecular flexibility index (Phi) is 7.04. The van der Waals surface area contributed by atoms with Crippen molar-refractivity contribution in [2.24, 2.45) is 0 Å². The number of carbonyl (C=O) groups is 1. The number of aromatic nitrogens is 1. The number of carbonyl (C=O) groups excluding carboxylic acids is 1. The van der Waals surface area contributed by atoms with Crippen molar-refractivity contribution in [2.45, 2.75) is 32.8 Å². The van der Waals surface area contributed by atoms with Gasteiger partial charge in [0.25, 0.3) is 0 Å². The second-order valence-corrected chi connectivity index (χ2v) is 8.06. The fourth-order valence-electron chi connectivity index (χ4n) is 3.89. The van der Waals surface area contributed by atoms with Crippen molar-refractivity contribution in [3.05, 3.63) is 93.8 Å². The molecule has 33 heavy (non-hydrogen) atoms. The van der Waals surface area contributed by atoms with Gasteiger partial charge in [0.2, 0.25) is 0 Å². The Labute approximate surface area is 195 Å². The standard InChI is InChI=1S/C26H22ClF2NO3/c1-2-32-26(31)16-7-10-24(30-14-16)21-5-3-4-20(21)22-12-18(27)8-11-25(22)33-15-17-6-9-19(28)13-23(17)29/h6-14H,2-5,15H2,1H3. The molecule has 0 saturated carbocycles. The molecule has 1 aliphatic carbocycles. The van der Waals surface area contributed by atoms with E-state index < -0.39 is 17.6 Å². The molecular formula is C26H22ClF2NO3. The number of nitrogens with zero attached hydrogens (tertiary/aromatic N) is 1. The van der Waals surface area contributed by atoms with Crippen molar-refractivity contribution < 1.29 is 23.0 Å². The van der Waals surface area contributed by atoms with Gasteiger partial charge in [-0.2, -0.15) is 0 Å². The highest BCUT2D eigenvalue weighted by Gasteiger charge is 2.22. The fourth-order valence-corrected chi connectivity index (χ4v) is 4.06. The summed E-state index contributed by atoms with van der Waals surface area (Å²) in [6, 6.07) is 12.2. The number of hydrogen-bond donors (Lipinski definition) is 0. The van der Waals surface area contributed by atoms with Gasteiger partial charge in [-0.15, -0.1) is 0 Å². The van der Waals surface area contributed by atoms with Crippen molar-refractivity contribution in [3.63, 3.8) is 0 Å². The molecule has 1 aliphatic rings. The van der Waals surface area contributed by atoms with Crippen LogP contribution in [0.15, 0.2) is 54.7 Å². The number of benzene rings is 2. The van der Waals surface area contributed by atoms with E-state index in [2.05, 4.69) is 4.98 Å². The van der Waals surface area contributed by atoms with Crippen molar-refractivity contribution >= 4 is 28.7 Å². The maximum absolute atomic E-state index is 14.0. The van der Waals surface area contributed by atoms with Gasteiger partial charge in [-0.05, 0) is 79.8 Å². The van der Waals surface area contributed by atoms with E-state index in [0.29, 0.717) is 22.9 Å². The molecule has 170 valence electrons. The average Bonchev–Trinajstić information content (AvgIpc) is 3.29. The van der Waals surface area contributed by atoms with E-state index in [4.69, 9.17) is 21.1 Å².